The van der Waals surface area contributed by atoms with E-state index in [0.717, 1.165) is 15.1 Å². The molecule has 0 radical (unpaired) electrons. The fourth-order valence-electron chi connectivity index (χ4n) is 1.46. The van der Waals surface area contributed by atoms with Crippen LogP contribution in [0.1, 0.15) is 27.7 Å². The topological polar surface area (TPSA) is 90.7 Å². The molecule has 0 unspecified atom stereocenters. The van der Waals surface area contributed by atoms with Gasteiger partial charge in [0.15, 0.2) is 0 Å². The number of rotatable bonds is 8. The van der Waals surface area contributed by atoms with E-state index < -0.39 is 0 Å². The Morgan fingerprint density at radius 2 is 1.03 bits per heavy atom. The summed E-state index contributed by atoms with van der Waals surface area (Å²) in [6.07, 6.45) is 5.39. The molecule has 0 saturated heterocycles. The third-order valence-corrected chi connectivity index (χ3v) is 9.06. The molecule has 4 N–H and O–H groups in total. The Hall–Kier alpha value is -0.590. The van der Waals surface area contributed by atoms with E-state index in [1.165, 1.54) is 0 Å². The van der Waals surface area contributed by atoms with Crippen LogP contribution in [0.15, 0.2) is 88.3 Å². The molecule has 0 aliphatic heterocycles. The van der Waals surface area contributed by atoms with Crippen molar-refractivity contribution in [3.63, 3.8) is 0 Å². The average molecular weight is 576 g/mol. The molecule has 0 atom stereocenters. The van der Waals surface area contributed by atoms with Crippen molar-refractivity contribution in [1.29, 1.82) is 0 Å². The van der Waals surface area contributed by atoms with Crippen LogP contribution in [-0.2, 0) is 0 Å². The minimum absolute atomic E-state index is 0. The highest BCUT2D eigenvalue weighted by Crippen LogP contribution is 2.38. The smallest absolute Gasteiger partial charge is 0.107 e. The third kappa shape index (κ3) is 17.8. The van der Waals surface area contributed by atoms with Crippen molar-refractivity contribution in [3.8, 4) is 0 Å². The van der Waals surface area contributed by atoms with Crippen molar-refractivity contribution in [2.24, 2.45) is 11.5 Å². The van der Waals surface area contributed by atoms with Crippen LogP contribution < -0.4 is 11.5 Å². The summed E-state index contributed by atoms with van der Waals surface area (Å²) in [6, 6.07) is 17.7. The Morgan fingerprint density at radius 1 is 0.676 bits per heavy atom. The first-order valence-corrected chi connectivity index (χ1v) is 15.0. The number of halogens is 1. The molecule has 0 bridgehead atoms. The van der Waals surface area contributed by atoms with E-state index in [9.17, 15) is 0 Å². The van der Waals surface area contributed by atoms with Gasteiger partial charge in [0.1, 0.15) is 15.1 Å². The van der Waals surface area contributed by atoms with E-state index >= 15 is 0 Å². The number of pyridine rings is 3. The van der Waals surface area contributed by atoms with E-state index in [0.29, 0.717) is 13.1 Å². The van der Waals surface area contributed by atoms with Gasteiger partial charge in [-0.15, -0.1) is 12.4 Å². The monoisotopic (exact) mass is 575 g/mol. The van der Waals surface area contributed by atoms with Gasteiger partial charge in [-0.3, -0.25) is 0 Å². The van der Waals surface area contributed by atoms with Gasteiger partial charge in [0.05, 0.1) is 0 Å². The summed E-state index contributed by atoms with van der Waals surface area (Å²) in [7, 11) is 6.67. The molecular weight excluding hydrogens is 542 g/mol. The lowest BCUT2D eigenvalue weighted by molar-refractivity contribution is 0.728. The van der Waals surface area contributed by atoms with Gasteiger partial charge < -0.3 is 11.5 Å². The van der Waals surface area contributed by atoms with E-state index in [1.807, 2.05) is 68.4 Å². The Morgan fingerprint density at radius 3 is 1.29 bits per heavy atom. The first-order valence-electron chi connectivity index (χ1n) is 10.2. The molecule has 0 aliphatic carbocycles. The molecule has 34 heavy (non-hydrogen) atoms. The summed E-state index contributed by atoms with van der Waals surface area (Å²) in [5, 5.41) is 3.04. The molecule has 3 aromatic heterocycles. The van der Waals surface area contributed by atoms with Crippen LogP contribution in [0.2, 0.25) is 0 Å². The summed E-state index contributed by atoms with van der Waals surface area (Å²) in [5.41, 5.74) is 10.8. The van der Waals surface area contributed by atoms with Gasteiger partial charge in [-0.1, -0.05) is 29.0 Å². The number of hydrogen-bond donors (Lipinski definition) is 3. The molecule has 0 aromatic carbocycles. The Labute approximate surface area is 231 Å². The van der Waals surface area contributed by atoms with Gasteiger partial charge in [0, 0.05) is 41.2 Å². The molecule has 188 valence electrons. The van der Waals surface area contributed by atoms with Gasteiger partial charge in [-0.25, -0.2) is 15.0 Å². The third-order valence-electron chi connectivity index (χ3n) is 3.47. The van der Waals surface area contributed by atoms with E-state index in [4.69, 9.17) is 11.5 Å². The summed E-state index contributed by atoms with van der Waals surface area (Å²) in [5.74, 6) is 0. The fraction of sp³-hybridized carbons (Fsp3) is 0.348. The van der Waals surface area contributed by atoms with Crippen LogP contribution in [0.5, 0.6) is 0 Å². The summed E-state index contributed by atoms with van der Waals surface area (Å²) in [6.45, 7) is 9.54. The van der Waals surface area contributed by atoms with Crippen molar-refractivity contribution in [2.45, 2.75) is 52.3 Å². The zero-order valence-electron chi connectivity index (χ0n) is 19.8. The lowest BCUT2D eigenvalue weighted by Gasteiger charge is -2.19. The van der Waals surface area contributed by atoms with Crippen molar-refractivity contribution in [2.75, 3.05) is 13.1 Å². The number of nitrogens with two attached hydrogens (primary N) is 2. The minimum Gasteiger partial charge on any atom is -0.329 e. The predicted molar refractivity (Wildman–Crippen MR) is 160 cm³/mol. The number of hydrogen-bond acceptors (Lipinski definition) is 10. The number of thiol groups is 1. The van der Waals surface area contributed by atoms with Gasteiger partial charge in [-0.05, 0) is 96.5 Å². The zero-order valence-corrected chi connectivity index (χ0v) is 24.8. The molecule has 0 fully saturated rings. The highest BCUT2D eigenvalue weighted by molar-refractivity contribution is 8.77. The van der Waals surface area contributed by atoms with Crippen molar-refractivity contribution in [1.82, 2.24) is 15.0 Å². The summed E-state index contributed by atoms with van der Waals surface area (Å²) < 4.78 is 0.127. The molecule has 11 heteroatoms. The molecule has 0 aliphatic rings. The van der Waals surface area contributed by atoms with E-state index in [-0.39, 0.29) is 21.9 Å². The lowest BCUT2D eigenvalue weighted by atomic mass is 10.2. The van der Waals surface area contributed by atoms with Crippen LogP contribution in [0.4, 0.5) is 0 Å². The van der Waals surface area contributed by atoms with Crippen LogP contribution in [-0.4, -0.2) is 37.5 Å². The van der Waals surface area contributed by atoms with Crippen molar-refractivity contribution in [3.05, 3.63) is 73.2 Å². The number of aromatic nitrogens is 3. The summed E-state index contributed by atoms with van der Waals surface area (Å²) in [4.78, 5) is 12.6. The quantitative estimate of drug-likeness (QED) is 0.196. The highest BCUT2D eigenvalue weighted by Gasteiger charge is 2.16. The van der Waals surface area contributed by atoms with E-state index in [2.05, 4.69) is 41.4 Å². The van der Waals surface area contributed by atoms with Crippen LogP contribution in [0.25, 0.3) is 0 Å². The van der Waals surface area contributed by atoms with Gasteiger partial charge in [-0.2, -0.15) is 12.6 Å². The second-order valence-electron chi connectivity index (χ2n) is 7.82. The van der Waals surface area contributed by atoms with E-state index in [1.54, 1.807) is 61.8 Å². The Balaban J connectivity index is 0.000000511. The minimum atomic E-state index is 0. The lowest BCUT2D eigenvalue weighted by Crippen LogP contribution is -2.25. The second kappa shape index (κ2) is 18.6. The first-order chi connectivity index (χ1) is 15.6. The fourth-order valence-corrected chi connectivity index (χ4v) is 5.26. The van der Waals surface area contributed by atoms with Gasteiger partial charge in [0.25, 0.3) is 0 Å². The molecule has 0 saturated carbocycles. The van der Waals surface area contributed by atoms with Crippen LogP contribution in [0, 0.1) is 0 Å². The molecule has 0 amide bonds. The molecule has 3 rings (SSSR count). The normalized spacial score (nSPS) is 10.7. The molecule has 3 aromatic rings. The van der Waals surface area contributed by atoms with Crippen molar-refractivity contribution < 1.29 is 0 Å². The molecule has 0 spiro atoms. The van der Waals surface area contributed by atoms with Gasteiger partial charge in [0.2, 0.25) is 0 Å². The average Bonchev–Trinajstić information content (AvgIpc) is 2.84. The highest BCUT2D eigenvalue weighted by atomic mass is 35.5. The Bertz CT molecular complexity index is 830. The maximum absolute atomic E-state index is 5.62. The second-order valence-corrected chi connectivity index (χ2v) is 14.1. The largest absolute Gasteiger partial charge is 0.329 e. The standard InChI is InChI=1S/C10H8N2S2.C9H14N2S2.C4H11NS.ClH/c1-3-7-11-9(5-1)13-14-10-6-2-4-8-12-10;1-9(2,7-10)13-12-8-5-3-4-6-11-8;1-4(2,6)3-5;/h1-8H;3-6H,7,10H2,1-2H3;6H,3,5H2,1-2H3;1H. The number of nitrogens with zero attached hydrogens (tertiary/aromatic N) is 3. The maximum atomic E-state index is 5.62. The Kier molecular flexibility index (Phi) is 18.3. The summed E-state index contributed by atoms with van der Waals surface area (Å²) >= 11 is 4.13. The van der Waals surface area contributed by atoms with Crippen LogP contribution in [0.3, 0.4) is 0 Å². The van der Waals surface area contributed by atoms with Crippen LogP contribution >= 0.6 is 68.2 Å². The SMILES string of the molecule is CC(C)(CN)SSc1ccccn1.CC(C)(S)CN.Cl.c1ccc(SSc2ccccn2)nc1. The zero-order chi connectivity index (χ0) is 24.6. The molecular formula is C23H34ClN5S5. The predicted octanol–water partition coefficient (Wildman–Crippen LogP) is 6.91. The molecule has 3 heterocycles. The molecule has 5 nitrogen and oxygen atoms in total. The van der Waals surface area contributed by atoms with Crippen molar-refractivity contribution >= 4 is 68.2 Å². The maximum Gasteiger partial charge on any atom is 0.107 e. The first kappa shape index (κ1) is 33.4. The van der Waals surface area contributed by atoms with Gasteiger partial charge >= 0.3 is 0 Å².